The highest BCUT2D eigenvalue weighted by molar-refractivity contribution is 7.92. The van der Waals surface area contributed by atoms with E-state index in [2.05, 4.69) is 19.9 Å². The fraction of sp³-hybridized carbons (Fsp3) is 0.257. The number of carbonyl (C=O) groups is 1. The van der Waals surface area contributed by atoms with Gasteiger partial charge in [0.15, 0.2) is 11.2 Å². The number of nitrogens with zero attached hydrogens (tertiary/aromatic N) is 4. The Balaban J connectivity index is 1.44. The molecule has 0 saturated carbocycles. The lowest BCUT2D eigenvalue weighted by Gasteiger charge is -2.32. The van der Waals surface area contributed by atoms with Gasteiger partial charge in [0.05, 0.1) is 17.6 Å². The number of aromatic nitrogens is 4. The highest BCUT2D eigenvalue weighted by atomic mass is 32.2. The molecule has 11 heteroatoms. The molecule has 0 aliphatic carbocycles. The smallest absolute Gasteiger partial charge is 0.339 e. The molecular weight excluding hydrogens is 602 g/mol. The largest absolute Gasteiger partial charge is 0.507 e. The first kappa shape index (κ1) is 31.0. The second-order valence-corrected chi connectivity index (χ2v) is 14.5. The molecule has 46 heavy (non-hydrogen) atoms. The van der Waals surface area contributed by atoms with Crippen molar-refractivity contribution in [1.29, 1.82) is 0 Å². The highest BCUT2D eigenvalue weighted by Crippen LogP contribution is 2.49. The van der Waals surface area contributed by atoms with Crippen molar-refractivity contribution in [3.05, 3.63) is 126 Å². The summed E-state index contributed by atoms with van der Waals surface area (Å²) >= 11 is 0. The minimum absolute atomic E-state index is 0.112. The highest BCUT2D eigenvalue weighted by Gasteiger charge is 2.52. The van der Waals surface area contributed by atoms with Crippen LogP contribution in [0.1, 0.15) is 43.4 Å². The number of H-pyrrole nitrogens is 1. The van der Waals surface area contributed by atoms with Crippen molar-refractivity contribution in [3.63, 3.8) is 0 Å². The molecule has 3 heterocycles. The Morgan fingerprint density at radius 2 is 1.54 bits per heavy atom. The lowest BCUT2D eigenvalue weighted by atomic mass is 9.71. The normalized spacial score (nSPS) is 15.6. The molecule has 3 aromatic carbocycles. The summed E-state index contributed by atoms with van der Waals surface area (Å²) in [5, 5.41) is 11.9. The summed E-state index contributed by atoms with van der Waals surface area (Å²) in [5.41, 5.74) is 1.53. The minimum atomic E-state index is -4.14. The SMILES string of the molecule is CN(c1cccc(C(C2=C(O)C(Cc3ccccc3)(Cc3ccccc3)OC2=O)C(C)(C)C)c1)S(=O)(=O)c1ncnc2nc[nH]c12. The molecule has 1 aliphatic heterocycles. The van der Waals surface area contributed by atoms with E-state index < -0.39 is 32.9 Å². The van der Waals surface area contributed by atoms with E-state index in [1.807, 2.05) is 87.5 Å². The molecule has 2 N–H and O–H groups in total. The fourth-order valence-corrected chi connectivity index (χ4v) is 7.48. The molecule has 2 aromatic heterocycles. The van der Waals surface area contributed by atoms with Crippen molar-refractivity contribution in [2.45, 2.75) is 50.2 Å². The maximum atomic E-state index is 13.9. The second kappa shape index (κ2) is 11.7. The van der Waals surface area contributed by atoms with E-state index in [-0.39, 0.29) is 40.4 Å². The Kier molecular flexibility index (Phi) is 7.89. The van der Waals surface area contributed by atoms with Gasteiger partial charge >= 0.3 is 5.97 Å². The summed E-state index contributed by atoms with van der Waals surface area (Å²) in [6.45, 7) is 5.92. The van der Waals surface area contributed by atoms with Crippen LogP contribution in [0.25, 0.3) is 11.2 Å². The molecule has 6 rings (SSSR count). The van der Waals surface area contributed by atoms with E-state index in [1.165, 1.54) is 13.4 Å². The summed E-state index contributed by atoms with van der Waals surface area (Å²) in [6.07, 6.45) is 3.09. The number of benzene rings is 3. The number of carbonyl (C=O) groups excluding carboxylic acids is 1. The number of hydrogen-bond donors (Lipinski definition) is 2. The topological polar surface area (TPSA) is 138 Å². The van der Waals surface area contributed by atoms with Gasteiger partial charge in [-0.2, -0.15) is 8.42 Å². The standard InChI is InChI=1S/C35H35N5O5S/c1-34(2,3)28(25-16-11-17-26(18-25)40(4)46(43,44)32-29-31(37-21-36-29)38-22-39-32)27-30(41)35(45-33(27)42,19-23-12-7-5-8-13-23)20-24-14-9-6-10-15-24/h5-18,21-22,28,41H,19-20H2,1-4H3,(H,36,37,38,39). The molecule has 0 spiro atoms. The van der Waals surface area contributed by atoms with E-state index >= 15 is 0 Å². The van der Waals surface area contributed by atoms with Crippen LogP contribution >= 0.6 is 0 Å². The summed E-state index contributed by atoms with van der Waals surface area (Å²) in [7, 11) is -2.70. The van der Waals surface area contributed by atoms with Gasteiger partial charge in [-0.05, 0) is 34.2 Å². The maximum Gasteiger partial charge on any atom is 0.339 e. The molecule has 0 radical (unpaired) electrons. The van der Waals surface area contributed by atoms with Gasteiger partial charge in [-0.1, -0.05) is 93.6 Å². The zero-order chi connectivity index (χ0) is 32.7. The molecule has 1 unspecified atom stereocenters. The number of imidazole rings is 1. The molecule has 0 saturated heterocycles. The average molecular weight is 638 g/mol. The first-order valence-electron chi connectivity index (χ1n) is 14.9. The zero-order valence-electron chi connectivity index (χ0n) is 26.0. The van der Waals surface area contributed by atoms with Crippen LogP contribution in [-0.2, 0) is 32.4 Å². The lowest BCUT2D eigenvalue weighted by molar-refractivity contribution is -0.148. The van der Waals surface area contributed by atoms with Gasteiger partial charge in [0.1, 0.15) is 17.6 Å². The molecule has 1 aliphatic rings. The predicted molar refractivity (Wildman–Crippen MR) is 175 cm³/mol. The number of fused-ring (bicyclic) bond motifs is 1. The van der Waals surface area contributed by atoms with Gasteiger partial charge in [-0.15, -0.1) is 0 Å². The van der Waals surface area contributed by atoms with E-state index in [9.17, 15) is 18.3 Å². The molecule has 0 amide bonds. The van der Waals surface area contributed by atoms with E-state index in [0.29, 0.717) is 11.3 Å². The third kappa shape index (κ3) is 5.62. The van der Waals surface area contributed by atoms with Crippen LogP contribution in [0.4, 0.5) is 5.69 Å². The lowest BCUT2D eigenvalue weighted by Crippen LogP contribution is -2.37. The number of aliphatic hydroxyl groups is 1. The number of rotatable bonds is 9. The van der Waals surface area contributed by atoms with Crippen molar-refractivity contribution >= 4 is 32.8 Å². The van der Waals surface area contributed by atoms with Crippen molar-refractivity contribution in [2.75, 3.05) is 11.4 Å². The van der Waals surface area contributed by atoms with Crippen LogP contribution in [0.2, 0.25) is 0 Å². The third-order valence-electron chi connectivity index (χ3n) is 8.37. The second-order valence-electron chi connectivity index (χ2n) is 12.6. The monoisotopic (exact) mass is 637 g/mol. The summed E-state index contributed by atoms with van der Waals surface area (Å²) in [6, 6.07) is 26.2. The van der Waals surface area contributed by atoms with E-state index in [0.717, 1.165) is 21.8 Å². The van der Waals surface area contributed by atoms with Gasteiger partial charge in [-0.25, -0.2) is 19.7 Å². The quantitative estimate of drug-likeness (QED) is 0.151. The summed E-state index contributed by atoms with van der Waals surface area (Å²) in [4.78, 5) is 28.9. The van der Waals surface area contributed by atoms with Crippen LogP contribution in [0.5, 0.6) is 0 Å². The Bertz CT molecular complexity index is 1990. The van der Waals surface area contributed by atoms with Crippen molar-refractivity contribution < 1.29 is 23.1 Å². The number of nitrogens with one attached hydrogen (secondary N) is 1. The van der Waals surface area contributed by atoms with Gasteiger partial charge in [0.2, 0.25) is 5.03 Å². The first-order chi connectivity index (χ1) is 21.9. The zero-order valence-corrected chi connectivity index (χ0v) is 26.8. The minimum Gasteiger partial charge on any atom is -0.507 e. The number of cyclic esters (lactones) is 1. The van der Waals surface area contributed by atoms with Gasteiger partial charge in [-0.3, -0.25) is 4.31 Å². The Hall–Kier alpha value is -5.03. The van der Waals surface area contributed by atoms with Crippen molar-refractivity contribution in [3.8, 4) is 0 Å². The van der Waals surface area contributed by atoms with Gasteiger partial charge in [0, 0.05) is 25.8 Å². The van der Waals surface area contributed by atoms with Gasteiger partial charge < -0.3 is 14.8 Å². The summed E-state index contributed by atoms with van der Waals surface area (Å²) in [5.74, 6) is -1.35. The number of aliphatic hydroxyl groups excluding tert-OH is 1. The Morgan fingerprint density at radius 1 is 0.913 bits per heavy atom. The fourth-order valence-electron chi connectivity index (χ4n) is 6.24. The van der Waals surface area contributed by atoms with Crippen LogP contribution < -0.4 is 4.31 Å². The number of hydrogen-bond acceptors (Lipinski definition) is 8. The molecule has 10 nitrogen and oxygen atoms in total. The third-order valence-corrected chi connectivity index (χ3v) is 10.1. The van der Waals surface area contributed by atoms with Gasteiger partial charge in [0.25, 0.3) is 10.0 Å². The van der Waals surface area contributed by atoms with Crippen LogP contribution in [0.3, 0.4) is 0 Å². The van der Waals surface area contributed by atoms with Crippen LogP contribution in [0.15, 0.2) is 114 Å². The molecular formula is C35H35N5O5S. The van der Waals surface area contributed by atoms with Crippen molar-refractivity contribution in [2.24, 2.45) is 5.41 Å². The predicted octanol–water partition coefficient (Wildman–Crippen LogP) is 5.90. The van der Waals surface area contributed by atoms with Crippen molar-refractivity contribution in [1.82, 2.24) is 19.9 Å². The molecule has 5 aromatic rings. The number of aromatic amines is 1. The number of esters is 1. The number of anilines is 1. The molecule has 1 atom stereocenters. The molecule has 236 valence electrons. The maximum absolute atomic E-state index is 13.9. The van der Waals surface area contributed by atoms with Crippen LogP contribution in [0, 0.1) is 5.41 Å². The number of ether oxygens (including phenoxy) is 1. The molecule has 0 bridgehead atoms. The Morgan fingerprint density at radius 3 is 2.15 bits per heavy atom. The Labute approximate surface area is 267 Å². The average Bonchev–Trinajstić information content (AvgIpc) is 3.60. The first-order valence-corrected chi connectivity index (χ1v) is 16.3. The number of sulfonamides is 1. The van der Waals surface area contributed by atoms with E-state index in [4.69, 9.17) is 4.74 Å². The molecule has 0 fully saturated rings. The van der Waals surface area contributed by atoms with Crippen LogP contribution in [-0.4, -0.2) is 52.1 Å². The summed E-state index contributed by atoms with van der Waals surface area (Å²) < 4.78 is 34.9. The van der Waals surface area contributed by atoms with E-state index in [1.54, 1.807) is 18.2 Å².